The van der Waals surface area contributed by atoms with Crippen LogP contribution in [0, 0.1) is 11.8 Å². The van der Waals surface area contributed by atoms with E-state index in [0.717, 1.165) is 17.7 Å². The number of oxazole rings is 2. The van der Waals surface area contributed by atoms with E-state index in [4.69, 9.17) is 25.2 Å². The van der Waals surface area contributed by atoms with Crippen molar-refractivity contribution in [3.05, 3.63) is 57.2 Å². The standard InChI is InChI=1S/C25H19ClN4O6S/c1-12(14-4-2-3-5-15(14)26)34-24(33)28-18-16(30-37-19(18)13-6-7-13)8-9-17-27-20-21(35-17)36-22(29-20)25(10-11-25)23(31)32/h2-5,12-13H,6-7,10-11H2,1H3,(H,28,33)(H,31,32). The van der Waals surface area contributed by atoms with Crippen LogP contribution in [0.5, 0.6) is 0 Å². The zero-order valence-corrected chi connectivity index (χ0v) is 21.0. The Morgan fingerprint density at radius 3 is 2.70 bits per heavy atom. The zero-order valence-electron chi connectivity index (χ0n) is 19.4. The molecule has 2 saturated carbocycles. The second-order valence-electron chi connectivity index (χ2n) is 9.03. The molecule has 0 bridgehead atoms. The Bertz CT molecular complexity index is 1570. The van der Waals surface area contributed by atoms with Crippen molar-refractivity contribution in [2.75, 3.05) is 5.32 Å². The Hall–Kier alpha value is -3.88. The van der Waals surface area contributed by atoms with Crippen LogP contribution in [0.2, 0.25) is 5.02 Å². The SMILES string of the molecule is CC(OC(=O)Nc1c(C#Cc2nc3nc(C4(C(=O)O)CC4)oc3o2)nsc1C1CC1)c1ccccc1Cl. The van der Waals surface area contributed by atoms with Crippen LogP contribution in [-0.2, 0) is 14.9 Å². The topological polar surface area (TPSA) is 141 Å². The van der Waals surface area contributed by atoms with Gasteiger partial charge in [0.2, 0.25) is 11.5 Å². The third kappa shape index (κ3) is 4.43. The van der Waals surface area contributed by atoms with Gasteiger partial charge in [0, 0.05) is 16.5 Å². The number of aromatic nitrogens is 3. The second kappa shape index (κ2) is 8.90. The predicted octanol–water partition coefficient (Wildman–Crippen LogP) is 5.63. The summed E-state index contributed by atoms with van der Waals surface area (Å²) >= 11 is 7.50. The van der Waals surface area contributed by atoms with Crippen molar-refractivity contribution in [2.24, 2.45) is 0 Å². The lowest BCUT2D eigenvalue weighted by Crippen LogP contribution is -2.19. The van der Waals surface area contributed by atoms with Gasteiger partial charge in [0.1, 0.15) is 11.5 Å². The van der Waals surface area contributed by atoms with Crippen molar-refractivity contribution in [3.63, 3.8) is 0 Å². The monoisotopic (exact) mass is 538 g/mol. The number of ether oxygens (including phenoxy) is 1. The number of benzene rings is 1. The number of hydrogen-bond acceptors (Lipinski definition) is 9. The van der Waals surface area contributed by atoms with E-state index in [1.54, 1.807) is 19.1 Å². The molecule has 3 aromatic heterocycles. The van der Waals surface area contributed by atoms with Gasteiger partial charge in [-0.15, -0.1) is 0 Å². The van der Waals surface area contributed by atoms with Crippen molar-refractivity contribution < 1.29 is 28.3 Å². The molecule has 2 aliphatic carbocycles. The molecule has 0 radical (unpaired) electrons. The first kappa shape index (κ1) is 23.5. The van der Waals surface area contributed by atoms with E-state index in [0.29, 0.717) is 40.7 Å². The van der Waals surface area contributed by atoms with Crippen molar-refractivity contribution in [2.45, 2.75) is 50.0 Å². The minimum Gasteiger partial charge on any atom is -0.480 e. The van der Waals surface area contributed by atoms with E-state index in [1.807, 2.05) is 12.1 Å². The molecule has 1 atom stereocenters. The number of carboxylic acids is 1. The number of carbonyl (C=O) groups excluding carboxylic acids is 1. The molecule has 188 valence electrons. The van der Waals surface area contributed by atoms with Crippen LogP contribution in [-0.4, -0.2) is 31.5 Å². The van der Waals surface area contributed by atoms with Crippen LogP contribution in [0.1, 0.15) is 72.5 Å². The Balaban J connectivity index is 1.21. The third-order valence-electron chi connectivity index (χ3n) is 6.35. The Labute approximate surface area is 219 Å². The van der Waals surface area contributed by atoms with Crippen LogP contribution in [0.15, 0.2) is 33.1 Å². The Morgan fingerprint density at radius 1 is 1.24 bits per heavy atom. The van der Waals surface area contributed by atoms with E-state index in [-0.39, 0.29) is 23.2 Å². The minimum absolute atomic E-state index is 0.0132. The number of amides is 1. The van der Waals surface area contributed by atoms with Crippen LogP contribution in [0.25, 0.3) is 11.4 Å². The molecule has 2 N–H and O–H groups in total. The van der Waals surface area contributed by atoms with Gasteiger partial charge in [0.25, 0.3) is 5.89 Å². The largest absolute Gasteiger partial charge is 0.480 e. The number of nitrogens with one attached hydrogen (secondary N) is 1. The maximum Gasteiger partial charge on any atom is 0.412 e. The van der Waals surface area contributed by atoms with Crippen LogP contribution in [0.4, 0.5) is 10.5 Å². The number of halogens is 1. The Kier molecular flexibility index (Phi) is 5.66. The van der Waals surface area contributed by atoms with Gasteiger partial charge in [-0.05, 0) is 62.0 Å². The summed E-state index contributed by atoms with van der Waals surface area (Å²) in [5.41, 5.74) is 0.628. The molecule has 0 aliphatic heterocycles. The molecular formula is C25H19ClN4O6S. The van der Waals surface area contributed by atoms with E-state index in [2.05, 4.69) is 31.5 Å². The number of nitrogens with zero attached hydrogens (tertiary/aromatic N) is 3. The summed E-state index contributed by atoms with van der Waals surface area (Å²) in [5.74, 6) is 5.16. The Morgan fingerprint density at radius 2 is 2.03 bits per heavy atom. The fraction of sp³-hybridized carbons (Fsp3) is 0.320. The average Bonchev–Trinajstić information content (AvgIpc) is 3.75. The fourth-order valence-electron chi connectivity index (χ4n) is 3.95. The van der Waals surface area contributed by atoms with Crippen molar-refractivity contribution >= 4 is 52.3 Å². The van der Waals surface area contributed by atoms with Gasteiger partial charge < -0.3 is 18.7 Å². The molecule has 3 heterocycles. The highest BCUT2D eigenvalue weighted by Gasteiger charge is 2.56. The molecule has 6 rings (SSSR count). The summed E-state index contributed by atoms with van der Waals surface area (Å²) in [6, 6.07) is 7.17. The van der Waals surface area contributed by atoms with E-state index >= 15 is 0 Å². The molecule has 1 unspecified atom stereocenters. The molecule has 2 aliphatic rings. The third-order valence-corrected chi connectivity index (χ3v) is 7.71. The summed E-state index contributed by atoms with van der Waals surface area (Å²) < 4.78 is 21.0. The maximum absolute atomic E-state index is 12.7. The normalized spacial score (nSPS) is 16.6. The van der Waals surface area contributed by atoms with Gasteiger partial charge in [-0.2, -0.15) is 14.3 Å². The zero-order chi connectivity index (χ0) is 25.7. The van der Waals surface area contributed by atoms with Crippen LogP contribution < -0.4 is 5.32 Å². The fourth-order valence-corrected chi connectivity index (χ4v) is 5.19. The number of rotatable bonds is 6. The number of carboxylic acid groups (broad SMARTS) is 1. The van der Waals surface area contributed by atoms with E-state index in [9.17, 15) is 14.7 Å². The molecule has 12 heteroatoms. The summed E-state index contributed by atoms with van der Waals surface area (Å²) in [5, 5.41) is 12.7. The van der Waals surface area contributed by atoms with Crippen LogP contribution >= 0.6 is 23.1 Å². The molecule has 0 spiro atoms. The first-order valence-electron chi connectivity index (χ1n) is 11.6. The quantitative estimate of drug-likeness (QED) is 0.299. The highest BCUT2D eigenvalue weighted by atomic mass is 35.5. The number of aliphatic carboxylic acids is 1. The first-order chi connectivity index (χ1) is 17.8. The predicted molar refractivity (Wildman–Crippen MR) is 133 cm³/mol. The van der Waals surface area contributed by atoms with E-state index in [1.165, 1.54) is 11.5 Å². The molecule has 10 nitrogen and oxygen atoms in total. The highest BCUT2D eigenvalue weighted by molar-refractivity contribution is 7.06. The first-order valence-corrected chi connectivity index (χ1v) is 12.7. The number of hydrogen-bond donors (Lipinski definition) is 2. The van der Waals surface area contributed by atoms with Gasteiger partial charge in [0.15, 0.2) is 5.69 Å². The van der Waals surface area contributed by atoms with Crippen molar-refractivity contribution in [1.29, 1.82) is 0 Å². The number of fused-ring (bicyclic) bond motifs is 1. The van der Waals surface area contributed by atoms with Gasteiger partial charge in [0.05, 0.1) is 10.6 Å². The van der Waals surface area contributed by atoms with Gasteiger partial charge in [-0.1, -0.05) is 29.8 Å². The summed E-state index contributed by atoms with van der Waals surface area (Å²) in [6.07, 6.45) is 1.74. The molecule has 4 aromatic rings. The highest BCUT2D eigenvalue weighted by Crippen LogP contribution is 2.49. The molecule has 1 aromatic carbocycles. The molecule has 0 saturated heterocycles. The van der Waals surface area contributed by atoms with Gasteiger partial charge in [-0.3, -0.25) is 10.1 Å². The lowest BCUT2D eigenvalue weighted by atomic mass is 10.1. The van der Waals surface area contributed by atoms with Gasteiger partial charge >= 0.3 is 17.8 Å². The van der Waals surface area contributed by atoms with Crippen molar-refractivity contribution in [3.8, 4) is 11.8 Å². The van der Waals surface area contributed by atoms with Crippen LogP contribution in [0.3, 0.4) is 0 Å². The molecule has 1 amide bonds. The minimum atomic E-state index is -1.09. The summed E-state index contributed by atoms with van der Waals surface area (Å²) in [7, 11) is 0. The number of carbonyl (C=O) groups is 2. The smallest absolute Gasteiger partial charge is 0.412 e. The summed E-state index contributed by atoms with van der Waals surface area (Å²) in [6.45, 7) is 1.74. The molecular weight excluding hydrogens is 520 g/mol. The molecule has 2 fully saturated rings. The summed E-state index contributed by atoms with van der Waals surface area (Å²) in [4.78, 5) is 33.5. The average molecular weight is 539 g/mol. The van der Waals surface area contributed by atoms with Crippen molar-refractivity contribution in [1.82, 2.24) is 14.3 Å². The molecule has 37 heavy (non-hydrogen) atoms. The second-order valence-corrected chi connectivity index (χ2v) is 10.2. The van der Waals surface area contributed by atoms with Gasteiger partial charge in [-0.25, -0.2) is 4.79 Å². The lowest BCUT2D eigenvalue weighted by Gasteiger charge is -2.15. The van der Waals surface area contributed by atoms with E-state index < -0.39 is 23.6 Å². The lowest BCUT2D eigenvalue weighted by molar-refractivity contribution is -0.140. The number of anilines is 1. The maximum atomic E-state index is 12.7.